The summed E-state index contributed by atoms with van der Waals surface area (Å²) in [6, 6.07) is 15.5. The van der Waals surface area contributed by atoms with E-state index in [0.29, 0.717) is 17.1 Å². The van der Waals surface area contributed by atoms with Crippen LogP contribution in [0.25, 0.3) is 11.3 Å². The van der Waals surface area contributed by atoms with Gasteiger partial charge in [0.05, 0.1) is 5.69 Å². The van der Waals surface area contributed by atoms with Crippen LogP contribution in [0.4, 0.5) is 20.6 Å². The number of nitrogens with one attached hydrogen (secondary N) is 1. The number of rotatable bonds is 3. The van der Waals surface area contributed by atoms with Crippen LogP contribution in [0, 0.1) is 5.82 Å². The molecule has 0 spiro atoms. The molecule has 0 radical (unpaired) electrons. The lowest BCUT2D eigenvalue weighted by Gasteiger charge is -2.20. The molecular weight excluding hydrogens is 329 g/mol. The summed E-state index contributed by atoms with van der Waals surface area (Å²) >= 11 is 3.89. The Morgan fingerprint density at radius 3 is 2.04 bits per heavy atom. The molecule has 0 aliphatic rings. The molecule has 0 aliphatic carbocycles. The van der Waals surface area contributed by atoms with Crippen molar-refractivity contribution >= 4 is 29.2 Å². The highest BCUT2D eigenvalue weighted by Crippen LogP contribution is 2.29. The average molecular weight is 341 g/mol. The fourth-order valence-electron chi connectivity index (χ4n) is 2.25. The predicted octanol–water partition coefficient (Wildman–Crippen LogP) is 3.76. The fourth-order valence-corrected chi connectivity index (χ4v) is 2.48. The zero-order chi connectivity index (χ0) is 17.1. The first kappa shape index (κ1) is 15.9. The molecule has 0 fully saturated rings. The summed E-state index contributed by atoms with van der Waals surface area (Å²) in [6.07, 6.45) is 0. The molecule has 1 aromatic heterocycles. The monoisotopic (exact) mass is 341 g/mol. The summed E-state index contributed by atoms with van der Waals surface area (Å²) in [7, 11) is 0. The highest BCUT2D eigenvalue weighted by molar-refractivity contribution is 7.97. The van der Waals surface area contributed by atoms with Crippen molar-refractivity contribution in [2.75, 3.05) is 4.90 Å². The van der Waals surface area contributed by atoms with E-state index in [2.05, 4.69) is 22.8 Å². The van der Waals surface area contributed by atoms with Gasteiger partial charge in [0.1, 0.15) is 5.82 Å². The predicted molar refractivity (Wildman–Crippen MR) is 93.2 cm³/mol. The van der Waals surface area contributed by atoms with Gasteiger partial charge in [-0.2, -0.15) is 5.10 Å². The molecule has 0 aliphatic heterocycles. The number of amides is 1. The van der Waals surface area contributed by atoms with Crippen LogP contribution in [-0.2, 0) is 0 Å². The maximum atomic E-state index is 13.1. The van der Waals surface area contributed by atoms with E-state index in [1.807, 2.05) is 0 Å². The summed E-state index contributed by atoms with van der Waals surface area (Å²) in [5.74, 6) is -0.384. The molecule has 2 aromatic carbocycles. The molecule has 5 nitrogen and oxygen atoms in total. The first-order valence-electron chi connectivity index (χ1n) is 6.99. The Bertz CT molecular complexity index is 903. The number of carbonyl (C=O) groups excluding carboxylic acids is 1. The minimum atomic E-state index is -0.489. The summed E-state index contributed by atoms with van der Waals surface area (Å²) in [5.41, 5.74) is 2.19. The minimum Gasteiger partial charge on any atom is -0.272 e. The van der Waals surface area contributed by atoms with Gasteiger partial charge < -0.3 is 0 Å². The van der Waals surface area contributed by atoms with E-state index >= 15 is 0 Å². The standard InChI is InChI=1S/C17H12FN3O2S/c18-12-3-7-14(8-4-12)21(17(23)24)13-5-1-11(2-6-13)15-9-10-16(22)20-19-15/h1-10H,(H,20,22)(H,23,24). The van der Waals surface area contributed by atoms with E-state index in [4.69, 9.17) is 0 Å². The number of halogens is 1. The van der Waals surface area contributed by atoms with Crippen molar-refractivity contribution in [1.29, 1.82) is 0 Å². The molecular formula is C17H12FN3O2S. The van der Waals surface area contributed by atoms with E-state index in [1.165, 1.54) is 35.2 Å². The van der Waals surface area contributed by atoms with Gasteiger partial charge in [-0.3, -0.25) is 14.5 Å². The molecule has 1 heterocycles. The molecule has 3 rings (SSSR count). The molecule has 1 N–H and O–H groups in total. The number of H-pyrrole nitrogens is 1. The fraction of sp³-hybridized carbons (Fsp3) is 0. The normalized spacial score (nSPS) is 10.4. The Hall–Kier alpha value is -2.93. The average Bonchev–Trinajstić information content (AvgIpc) is 2.58. The topological polar surface area (TPSA) is 66.1 Å². The van der Waals surface area contributed by atoms with Crippen LogP contribution in [0.2, 0.25) is 0 Å². The second kappa shape index (κ2) is 6.67. The van der Waals surface area contributed by atoms with E-state index < -0.39 is 5.24 Å². The number of aromatic amines is 1. The molecule has 1 amide bonds. The van der Waals surface area contributed by atoms with Gasteiger partial charge >= 0.3 is 0 Å². The zero-order valence-electron chi connectivity index (χ0n) is 12.3. The maximum Gasteiger partial charge on any atom is 0.287 e. The Morgan fingerprint density at radius 1 is 0.958 bits per heavy atom. The van der Waals surface area contributed by atoms with Crippen LogP contribution < -0.4 is 10.5 Å². The minimum absolute atomic E-state index is 0.279. The number of benzene rings is 2. The van der Waals surface area contributed by atoms with Crippen molar-refractivity contribution in [3.05, 3.63) is 76.8 Å². The largest absolute Gasteiger partial charge is 0.287 e. The molecule has 0 saturated carbocycles. The van der Waals surface area contributed by atoms with E-state index in [9.17, 15) is 14.0 Å². The Kier molecular flexibility index (Phi) is 4.43. The van der Waals surface area contributed by atoms with Gasteiger partial charge in [0.25, 0.3) is 10.8 Å². The van der Waals surface area contributed by atoms with Crippen molar-refractivity contribution in [3.8, 4) is 11.3 Å². The van der Waals surface area contributed by atoms with Crippen LogP contribution in [0.15, 0.2) is 65.5 Å². The molecule has 24 heavy (non-hydrogen) atoms. The number of aromatic nitrogens is 2. The number of nitrogens with zero attached hydrogens (tertiary/aromatic N) is 2. The molecule has 120 valence electrons. The lowest BCUT2D eigenvalue weighted by molar-refractivity contribution is 0.267. The Labute approximate surface area is 142 Å². The van der Waals surface area contributed by atoms with Gasteiger partial charge in [0, 0.05) is 23.0 Å². The Balaban J connectivity index is 1.95. The van der Waals surface area contributed by atoms with Gasteiger partial charge in [-0.05, 0) is 42.5 Å². The van der Waals surface area contributed by atoms with Crippen molar-refractivity contribution in [2.24, 2.45) is 0 Å². The quantitative estimate of drug-likeness (QED) is 0.713. The second-order valence-corrected chi connectivity index (χ2v) is 5.33. The van der Waals surface area contributed by atoms with Gasteiger partial charge in [0.15, 0.2) is 0 Å². The van der Waals surface area contributed by atoms with Crippen molar-refractivity contribution in [3.63, 3.8) is 0 Å². The number of hydrogen-bond acceptors (Lipinski definition) is 3. The third kappa shape index (κ3) is 3.36. The van der Waals surface area contributed by atoms with Gasteiger partial charge in [-0.1, -0.05) is 24.8 Å². The van der Waals surface area contributed by atoms with Crippen molar-refractivity contribution in [2.45, 2.75) is 0 Å². The molecule has 3 aromatic rings. The van der Waals surface area contributed by atoms with Gasteiger partial charge in [0.2, 0.25) is 0 Å². The van der Waals surface area contributed by atoms with Crippen molar-refractivity contribution < 1.29 is 9.18 Å². The number of hydrogen-bond donors (Lipinski definition) is 2. The Morgan fingerprint density at radius 2 is 1.54 bits per heavy atom. The molecule has 0 saturated heterocycles. The molecule has 0 atom stereocenters. The van der Waals surface area contributed by atoms with Crippen LogP contribution in [0.3, 0.4) is 0 Å². The van der Waals surface area contributed by atoms with Crippen LogP contribution in [-0.4, -0.2) is 15.4 Å². The third-order valence-electron chi connectivity index (χ3n) is 3.38. The number of anilines is 2. The lowest BCUT2D eigenvalue weighted by atomic mass is 10.1. The second-order valence-electron chi connectivity index (χ2n) is 4.95. The summed E-state index contributed by atoms with van der Waals surface area (Å²) in [6.45, 7) is 0. The highest BCUT2D eigenvalue weighted by atomic mass is 32.1. The lowest BCUT2D eigenvalue weighted by Crippen LogP contribution is -2.19. The summed E-state index contributed by atoms with van der Waals surface area (Å²) in [5, 5.41) is 5.83. The third-order valence-corrected chi connectivity index (χ3v) is 3.58. The van der Waals surface area contributed by atoms with Crippen LogP contribution in [0.1, 0.15) is 0 Å². The molecule has 0 bridgehead atoms. The maximum absolute atomic E-state index is 13.1. The van der Waals surface area contributed by atoms with E-state index in [0.717, 1.165) is 5.56 Å². The SMILES string of the molecule is O=C(S)N(c1ccc(F)cc1)c1ccc(-c2ccc(=O)[nH]n2)cc1. The first-order valence-corrected chi connectivity index (χ1v) is 7.44. The van der Waals surface area contributed by atoms with Crippen LogP contribution in [0.5, 0.6) is 0 Å². The number of carbonyl (C=O) groups is 1. The van der Waals surface area contributed by atoms with Crippen molar-refractivity contribution in [1.82, 2.24) is 10.2 Å². The van der Waals surface area contributed by atoms with Gasteiger partial charge in [-0.15, -0.1) is 0 Å². The zero-order valence-corrected chi connectivity index (χ0v) is 13.2. The molecule has 0 unspecified atom stereocenters. The first-order chi connectivity index (χ1) is 11.5. The summed E-state index contributed by atoms with van der Waals surface area (Å²) < 4.78 is 13.1. The van der Waals surface area contributed by atoms with E-state index in [-0.39, 0.29) is 11.4 Å². The summed E-state index contributed by atoms with van der Waals surface area (Å²) in [4.78, 5) is 24.3. The highest BCUT2D eigenvalue weighted by Gasteiger charge is 2.15. The van der Waals surface area contributed by atoms with E-state index in [1.54, 1.807) is 30.3 Å². The molecule has 7 heteroatoms. The number of thiol groups is 1. The van der Waals surface area contributed by atoms with Crippen LogP contribution >= 0.6 is 12.6 Å². The smallest absolute Gasteiger partial charge is 0.272 e. The van der Waals surface area contributed by atoms with Gasteiger partial charge in [-0.25, -0.2) is 9.49 Å².